The third-order valence-corrected chi connectivity index (χ3v) is 3.12. The molecule has 2 unspecified atom stereocenters. The largest absolute Gasteiger partial charge is 0.508 e. The molecule has 1 heterocycles. The number of carbonyl (C=O) groups excluding carboxylic acids is 1. The predicted octanol–water partition coefficient (Wildman–Crippen LogP) is 1.18. The maximum Gasteiger partial charge on any atom is 0.237 e. The first-order valence-corrected chi connectivity index (χ1v) is 5.91. The van der Waals surface area contributed by atoms with E-state index in [9.17, 15) is 9.90 Å². The Hall–Kier alpha value is -1.55. The highest BCUT2D eigenvalue weighted by atomic mass is 16.3. The van der Waals surface area contributed by atoms with Crippen LogP contribution in [0.1, 0.15) is 25.5 Å². The number of hydrogen-bond acceptors (Lipinski definition) is 3. The van der Waals surface area contributed by atoms with E-state index in [4.69, 9.17) is 0 Å². The highest BCUT2D eigenvalue weighted by Crippen LogP contribution is 2.25. The van der Waals surface area contributed by atoms with E-state index in [1.807, 2.05) is 26.0 Å². The lowest BCUT2D eigenvalue weighted by atomic mass is 9.96. The van der Waals surface area contributed by atoms with Crippen LogP contribution in [0, 0.1) is 5.92 Å². The molecule has 1 aliphatic rings. The van der Waals surface area contributed by atoms with Crippen molar-refractivity contribution < 1.29 is 9.90 Å². The molecule has 0 saturated carbocycles. The van der Waals surface area contributed by atoms with E-state index in [1.165, 1.54) is 0 Å². The fourth-order valence-electron chi connectivity index (χ4n) is 2.14. The fraction of sp³-hybridized carbons (Fsp3) is 0.462. The van der Waals surface area contributed by atoms with Gasteiger partial charge in [-0.2, -0.15) is 0 Å². The van der Waals surface area contributed by atoms with Crippen molar-refractivity contribution >= 4 is 5.91 Å². The molecule has 0 aliphatic carbocycles. The first kappa shape index (κ1) is 11.9. The molecule has 4 heteroatoms. The first-order chi connectivity index (χ1) is 8.09. The number of piperazine rings is 1. The van der Waals surface area contributed by atoms with E-state index in [0.29, 0.717) is 6.54 Å². The molecule has 1 saturated heterocycles. The van der Waals surface area contributed by atoms with Gasteiger partial charge in [-0.25, -0.2) is 0 Å². The van der Waals surface area contributed by atoms with Crippen LogP contribution in [0.4, 0.5) is 0 Å². The number of phenolic OH excluding ortho intramolecular Hbond substituents is 1. The fourth-order valence-corrected chi connectivity index (χ4v) is 2.14. The van der Waals surface area contributed by atoms with Gasteiger partial charge in [-0.15, -0.1) is 0 Å². The van der Waals surface area contributed by atoms with Crippen molar-refractivity contribution in [3.05, 3.63) is 29.8 Å². The number of nitrogens with one attached hydrogen (secondary N) is 2. The van der Waals surface area contributed by atoms with Crippen LogP contribution in [0.2, 0.25) is 0 Å². The van der Waals surface area contributed by atoms with Crippen molar-refractivity contribution in [1.82, 2.24) is 10.6 Å². The minimum absolute atomic E-state index is 0.0266. The van der Waals surface area contributed by atoms with Crippen molar-refractivity contribution in [3.8, 4) is 5.75 Å². The molecule has 1 fully saturated rings. The average molecular weight is 234 g/mol. The highest BCUT2D eigenvalue weighted by molar-refractivity contribution is 5.83. The molecule has 1 amide bonds. The molecule has 1 aromatic rings. The number of amides is 1. The van der Waals surface area contributed by atoms with E-state index in [-0.39, 0.29) is 29.7 Å². The third kappa shape index (κ3) is 2.42. The van der Waals surface area contributed by atoms with Gasteiger partial charge in [-0.3, -0.25) is 10.1 Å². The summed E-state index contributed by atoms with van der Waals surface area (Å²) in [7, 11) is 0. The lowest BCUT2D eigenvalue weighted by Crippen LogP contribution is -2.56. The first-order valence-electron chi connectivity index (χ1n) is 5.91. The van der Waals surface area contributed by atoms with Crippen LogP contribution in [-0.2, 0) is 4.79 Å². The van der Waals surface area contributed by atoms with Gasteiger partial charge in [0.1, 0.15) is 5.75 Å². The predicted molar refractivity (Wildman–Crippen MR) is 65.6 cm³/mol. The van der Waals surface area contributed by atoms with Crippen LogP contribution in [0.25, 0.3) is 0 Å². The van der Waals surface area contributed by atoms with Crippen molar-refractivity contribution in [3.63, 3.8) is 0 Å². The molecule has 17 heavy (non-hydrogen) atoms. The van der Waals surface area contributed by atoms with E-state index < -0.39 is 0 Å². The van der Waals surface area contributed by atoms with E-state index in [0.717, 1.165) is 5.56 Å². The lowest BCUT2D eigenvalue weighted by molar-refractivity contribution is -0.126. The number of hydrogen-bond donors (Lipinski definition) is 3. The van der Waals surface area contributed by atoms with Crippen molar-refractivity contribution in [2.45, 2.75) is 25.9 Å². The molecule has 0 spiro atoms. The summed E-state index contributed by atoms with van der Waals surface area (Å²) < 4.78 is 0. The van der Waals surface area contributed by atoms with Crippen LogP contribution in [0.3, 0.4) is 0 Å². The molecule has 0 radical (unpaired) electrons. The zero-order chi connectivity index (χ0) is 12.4. The van der Waals surface area contributed by atoms with Gasteiger partial charge in [0.25, 0.3) is 0 Å². The van der Waals surface area contributed by atoms with E-state index >= 15 is 0 Å². The minimum atomic E-state index is -0.201. The van der Waals surface area contributed by atoms with Gasteiger partial charge in [-0.1, -0.05) is 32.0 Å². The summed E-state index contributed by atoms with van der Waals surface area (Å²) in [6, 6.07) is 6.99. The Bertz CT molecular complexity index is 418. The monoisotopic (exact) mass is 234 g/mol. The summed E-state index contributed by atoms with van der Waals surface area (Å²) in [5.74, 6) is 0.527. The van der Waals surface area contributed by atoms with Crippen LogP contribution in [0.15, 0.2) is 24.3 Å². The molecule has 92 valence electrons. The zero-order valence-electron chi connectivity index (χ0n) is 10.1. The SMILES string of the molecule is CC(C)C1NC(c2ccccc2O)CNC1=O. The molecular weight excluding hydrogens is 216 g/mol. The van der Waals surface area contributed by atoms with E-state index in [2.05, 4.69) is 10.6 Å². The third-order valence-electron chi connectivity index (χ3n) is 3.12. The molecule has 2 rings (SSSR count). The quantitative estimate of drug-likeness (QED) is 0.720. The van der Waals surface area contributed by atoms with Gasteiger partial charge in [0.15, 0.2) is 0 Å². The Morgan fingerprint density at radius 2 is 2.06 bits per heavy atom. The molecule has 2 atom stereocenters. The summed E-state index contributed by atoms with van der Waals surface area (Å²) in [6.45, 7) is 4.52. The summed E-state index contributed by atoms with van der Waals surface area (Å²) in [5, 5.41) is 16.0. The molecule has 0 bridgehead atoms. The minimum Gasteiger partial charge on any atom is -0.508 e. The number of para-hydroxylation sites is 1. The zero-order valence-corrected chi connectivity index (χ0v) is 10.1. The van der Waals surface area contributed by atoms with Crippen LogP contribution in [-0.4, -0.2) is 23.6 Å². The van der Waals surface area contributed by atoms with E-state index in [1.54, 1.807) is 12.1 Å². The van der Waals surface area contributed by atoms with Gasteiger partial charge in [0.05, 0.1) is 12.1 Å². The second-order valence-corrected chi connectivity index (χ2v) is 4.74. The number of aromatic hydroxyl groups is 1. The molecule has 4 nitrogen and oxygen atoms in total. The Kier molecular flexibility index (Phi) is 3.33. The molecule has 1 aliphatic heterocycles. The van der Waals surface area contributed by atoms with Crippen LogP contribution >= 0.6 is 0 Å². The van der Waals surface area contributed by atoms with Gasteiger partial charge < -0.3 is 10.4 Å². The van der Waals surface area contributed by atoms with Crippen LogP contribution in [0.5, 0.6) is 5.75 Å². The molecular formula is C13H18N2O2. The Morgan fingerprint density at radius 3 is 2.71 bits per heavy atom. The normalized spacial score (nSPS) is 24.8. The Morgan fingerprint density at radius 1 is 1.35 bits per heavy atom. The smallest absolute Gasteiger partial charge is 0.237 e. The van der Waals surface area contributed by atoms with Gasteiger partial charge in [0.2, 0.25) is 5.91 Å². The number of rotatable bonds is 2. The second-order valence-electron chi connectivity index (χ2n) is 4.74. The summed E-state index contributed by atoms with van der Waals surface area (Å²) in [4.78, 5) is 11.7. The molecule has 3 N–H and O–H groups in total. The summed E-state index contributed by atoms with van der Waals surface area (Å²) >= 11 is 0. The standard InChI is InChI=1S/C13H18N2O2/c1-8(2)12-13(17)14-7-10(15-12)9-5-3-4-6-11(9)16/h3-6,8,10,12,15-16H,7H2,1-2H3,(H,14,17). The van der Waals surface area contributed by atoms with Crippen molar-refractivity contribution in [1.29, 1.82) is 0 Å². The number of carbonyl (C=O) groups is 1. The van der Waals surface area contributed by atoms with Gasteiger partial charge in [-0.05, 0) is 12.0 Å². The summed E-state index contributed by atoms with van der Waals surface area (Å²) in [5.41, 5.74) is 0.832. The molecule has 1 aromatic carbocycles. The average Bonchev–Trinajstić information content (AvgIpc) is 2.30. The van der Waals surface area contributed by atoms with Crippen LogP contribution < -0.4 is 10.6 Å². The van der Waals surface area contributed by atoms with Gasteiger partial charge in [0, 0.05) is 12.1 Å². The second kappa shape index (κ2) is 4.75. The Labute approximate surface area is 101 Å². The maximum atomic E-state index is 11.7. The lowest BCUT2D eigenvalue weighted by Gasteiger charge is -2.33. The number of phenols is 1. The number of benzene rings is 1. The van der Waals surface area contributed by atoms with Crippen molar-refractivity contribution in [2.75, 3.05) is 6.54 Å². The molecule has 0 aromatic heterocycles. The highest BCUT2D eigenvalue weighted by Gasteiger charge is 2.31. The van der Waals surface area contributed by atoms with Gasteiger partial charge >= 0.3 is 0 Å². The van der Waals surface area contributed by atoms with Crippen molar-refractivity contribution in [2.24, 2.45) is 5.92 Å². The topological polar surface area (TPSA) is 61.4 Å². The Balaban J connectivity index is 2.19. The summed E-state index contributed by atoms with van der Waals surface area (Å²) in [6.07, 6.45) is 0. The maximum absolute atomic E-state index is 11.7.